The second kappa shape index (κ2) is 6.93. The molecule has 0 aliphatic heterocycles. The summed E-state index contributed by atoms with van der Waals surface area (Å²) in [5.41, 5.74) is -3.89. The second-order valence-corrected chi connectivity index (χ2v) is 6.42. The standard InChI is InChI=1S/C16H10F6N4OS/c1-25(14-23-5-6-28-14)13(27)11-8-24-26(12(11)16(20,21)22)10-4-2-3-9(7-10)15(17,18)19/h2-8H,1H3. The summed E-state index contributed by atoms with van der Waals surface area (Å²) < 4.78 is 79.9. The minimum Gasteiger partial charge on any atom is -0.287 e. The molecule has 2 aromatic heterocycles. The van der Waals surface area contributed by atoms with Gasteiger partial charge in [-0.1, -0.05) is 6.07 Å². The van der Waals surface area contributed by atoms with Crippen LogP contribution >= 0.6 is 11.3 Å². The summed E-state index contributed by atoms with van der Waals surface area (Å²) >= 11 is 1.04. The lowest BCUT2D eigenvalue weighted by Gasteiger charge is -2.16. The van der Waals surface area contributed by atoms with E-state index >= 15 is 0 Å². The van der Waals surface area contributed by atoms with Gasteiger partial charge in [0, 0.05) is 18.6 Å². The van der Waals surface area contributed by atoms with Crippen molar-refractivity contribution in [2.75, 3.05) is 11.9 Å². The predicted octanol–water partition coefficient (Wildman–Crippen LogP) is 4.64. The normalized spacial score (nSPS) is 12.2. The van der Waals surface area contributed by atoms with E-state index in [0.29, 0.717) is 12.3 Å². The molecular weight excluding hydrogens is 410 g/mol. The van der Waals surface area contributed by atoms with Crippen molar-refractivity contribution in [1.29, 1.82) is 0 Å². The molecule has 0 fully saturated rings. The van der Waals surface area contributed by atoms with Gasteiger partial charge in [-0.25, -0.2) is 9.67 Å². The Labute approximate surface area is 157 Å². The Kier molecular flexibility index (Phi) is 4.91. The van der Waals surface area contributed by atoms with Crippen molar-refractivity contribution in [3.63, 3.8) is 0 Å². The lowest BCUT2D eigenvalue weighted by atomic mass is 10.1. The third-order valence-electron chi connectivity index (χ3n) is 3.70. The molecule has 1 amide bonds. The van der Waals surface area contributed by atoms with Crippen LogP contribution in [0.5, 0.6) is 0 Å². The largest absolute Gasteiger partial charge is 0.434 e. The first-order chi connectivity index (χ1) is 13.0. The predicted molar refractivity (Wildman–Crippen MR) is 88.4 cm³/mol. The van der Waals surface area contributed by atoms with E-state index in [0.717, 1.165) is 34.4 Å². The molecule has 12 heteroatoms. The molecule has 0 N–H and O–H groups in total. The zero-order valence-electron chi connectivity index (χ0n) is 13.9. The van der Waals surface area contributed by atoms with Gasteiger partial charge in [0.2, 0.25) is 0 Å². The van der Waals surface area contributed by atoms with E-state index in [-0.39, 0.29) is 9.81 Å². The Balaban J connectivity index is 2.11. The van der Waals surface area contributed by atoms with Crippen molar-refractivity contribution >= 4 is 22.4 Å². The quantitative estimate of drug-likeness (QED) is 0.580. The molecule has 0 aliphatic rings. The summed E-state index contributed by atoms with van der Waals surface area (Å²) in [6.07, 6.45) is -7.74. The summed E-state index contributed by atoms with van der Waals surface area (Å²) in [5.74, 6) is -1.04. The molecule has 1 aromatic carbocycles. The van der Waals surface area contributed by atoms with Gasteiger partial charge in [0.15, 0.2) is 10.8 Å². The average Bonchev–Trinajstić information content (AvgIpc) is 3.29. The van der Waals surface area contributed by atoms with Gasteiger partial charge in [0.05, 0.1) is 23.0 Å². The molecule has 5 nitrogen and oxygen atoms in total. The molecular formula is C16H10F6N4OS. The molecule has 28 heavy (non-hydrogen) atoms. The van der Waals surface area contributed by atoms with Crippen LogP contribution in [0.15, 0.2) is 42.0 Å². The van der Waals surface area contributed by atoms with E-state index in [1.807, 2.05) is 0 Å². The Bertz CT molecular complexity index is 993. The number of hydrogen-bond acceptors (Lipinski definition) is 4. The Morgan fingerprint density at radius 1 is 1.14 bits per heavy atom. The van der Waals surface area contributed by atoms with Crippen molar-refractivity contribution in [1.82, 2.24) is 14.8 Å². The molecule has 0 bridgehead atoms. The fraction of sp³-hybridized carbons (Fsp3) is 0.188. The van der Waals surface area contributed by atoms with Crippen LogP contribution in [0.3, 0.4) is 0 Å². The minimum absolute atomic E-state index is 0.157. The van der Waals surface area contributed by atoms with Crippen molar-refractivity contribution in [3.8, 4) is 5.69 Å². The zero-order chi connectivity index (χ0) is 20.7. The summed E-state index contributed by atoms with van der Waals surface area (Å²) in [7, 11) is 1.24. The first-order valence-electron chi connectivity index (χ1n) is 7.50. The van der Waals surface area contributed by atoms with Gasteiger partial charge in [-0.05, 0) is 18.2 Å². The number of halogens is 6. The Morgan fingerprint density at radius 3 is 2.43 bits per heavy atom. The monoisotopic (exact) mass is 420 g/mol. The van der Waals surface area contributed by atoms with Crippen LogP contribution in [0.25, 0.3) is 5.69 Å². The van der Waals surface area contributed by atoms with Crippen LogP contribution in [0.2, 0.25) is 0 Å². The summed E-state index contributed by atoms with van der Waals surface area (Å²) in [6.45, 7) is 0. The van der Waals surface area contributed by atoms with Gasteiger partial charge in [0.25, 0.3) is 5.91 Å². The molecule has 2 heterocycles. The molecule has 0 aliphatic carbocycles. The number of aromatic nitrogens is 3. The molecule has 0 saturated carbocycles. The van der Waals surface area contributed by atoms with Gasteiger partial charge in [-0.15, -0.1) is 11.3 Å². The Hall–Kier alpha value is -2.89. The topological polar surface area (TPSA) is 51.0 Å². The third kappa shape index (κ3) is 3.72. The van der Waals surface area contributed by atoms with Crippen molar-refractivity contribution in [2.24, 2.45) is 0 Å². The number of amides is 1. The lowest BCUT2D eigenvalue weighted by molar-refractivity contribution is -0.143. The molecule has 0 atom stereocenters. The fourth-order valence-electron chi connectivity index (χ4n) is 2.44. The molecule has 3 rings (SSSR count). The number of carbonyl (C=O) groups is 1. The number of hydrogen-bond donors (Lipinski definition) is 0. The third-order valence-corrected chi connectivity index (χ3v) is 4.54. The Morgan fingerprint density at radius 2 is 1.86 bits per heavy atom. The first kappa shape index (κ1) is 19.9. The maximum atomic E-state index is 13.7. The minimum atomic E-state index is -5.04. The summed E-state index contributed by atoms with van der Waals surface area (Å²) in [4.78, 5) is 17.3. The molecule has 148 valence electrons. The van der Waals surface area contributed by atoms with Crippen molar-refractivity contribution in [3.05, 3.63) is 58.9 Å². The first-order valence-corrected chi connectivity index (χ1v) is 8.38. The maximum absolute atomic E-state index is 13.7. The van der Waals surface area contributed by atoms with Gasteiger partial charge in [0.1, 0.15) is 0 Å². The van der Waals surface area contributed by atoms with Crippen LogP contribution in [-0.4, -0.2) is 27.7 Å². The van der Waals surface area contributed by atoms with Crippen LogP contribution < -0.4 is 4.90 Å². The number of anilines is 1. The molecule has 3 aromatic rings. The average molecular weight is 420 g/mol. The lowest BCUT2D eigenvalue weighted by Crippen LogP contribution is -2.28. The van der Waals surface area contributed by atoms with Crippen molar-refractivity contribution < 1.29 is 31.1 Å². The highest BCUT2D eigenvalue weighted by molar-refractivity contribution is 7.13. The molecule has 0 radical (unpaired) electrons. The summed E-state index contributed by atoms with van der Waals surface area (Å²) in [6, 6.07) is 3.25. The number of carbonyl (C=O) groups excluding carboxylic acids is 1. The molecule has 0 saturated heterocycles. The van der Waals surface area contributed by atoms with Crippen molar-refractivity contribution in [2.45, 2.75) is 12.4 Å². The maximum Gasteiger partial charge on any atom is 0.434 e. The summed E-state index contributed by atoms with van der Waals surface area (Å²) in [5, 5.41) is 5.22. The van der Waals surface area contributed by atoms with Crippen LogP contribution in [0.4, 0.5) is 31.5 Å². The van der Waals surface area contributed by atoms with Gasteiger partial charge in [-0.3, -0.25) is 9.69 Å². The zero-order valence-corrected chi connectivity index (χ0v) is 14.7. The highest BCUT2D eigenvalue weighted by atomic mass is 32.1. The van der Waals surface area contributed by atoms with Gasteiger partial charge in [-0.2, -0.15) is 31.4 Å². The highest BCUT2D eigenvalue weighted by Gasteiger charge is 2.42. The number of thiazole rings is 1. The number of nitrogens with zero attached hydrogens (tertiary/aromatic N) is 4. The van der Waals surface area contributed by atoms with Crippen LogP contribution in [0.1, 0.15) is 21.6 Å². The van der Waals surface area contributed by atoms with Gasteiger partial charge >= 0.3 is 12.4 Å². The van der Waals surface area contributed by atoms with Crippen LogP contribution in [0, 0.1) is 0 Å². The highest BCUT2D eigenvalue weighted by Crippen LogP contribution is 2.36. The van der Waals surface area contributed by atoms with Crippen LogP contribution in [-0.2, 0) is 12.4 Å². The van der Waals surface area contributed by atoms with E-state index in [1.54, 1.807) is 0 Å². The number of benzene rings is 1. The van der Waals surface area contributed by atoms with E-state index < -0.39 is 40.8 Å². The smallest absolute Gasteiger partial charge is 0.287 e. The SMILES string of the molecule is CN(C(=O)c1cnn(-c2cccc(C(F)(F)F)c2)c1C(F)(F)F)c1nccs1. The second-order valence-electron chi connectivity index (χ2n) is 5.54. The van der Waals surface area contributed by atoms with E-state index in [2.05, 4.69) is 10.1 Å². The molecule has 0 unspecified atom stereocenters. The van der Waals surface area contributed by atoms with Gasteiger partial charge < -0.3 is 0 Å². The van der Waals surface area contributed by atoms with E-state index in [9.17, 15) is 31.1 Å². The number of alkyl halides is 6. The fourth-order valence-corrected chi connectivity index (χ4v) is 3.04. The van der Waals surface area contributed by atoms with E-state index in [1.165, 1.54) is 18.6 Å². The number of rotatable bonds is 3. The van der Waals surface area contributed by atoms with E-state index in [4.69, 9.17) is 0 Å². The molecule has 0 spiro atoms.